The number of hydrogen-bond donors (Lipinski definition) is 0. The predicted octanol–water partition coefficient (Wildman–Crippen LogP) is 4.08. The summed E-state index contributed by atoms with van der Waals surface area (Å²) >= 11 is 0. The Bertz CT molecular complexity index is 592. The monoisotopic (exact) mass is 276 g/mol. The third kappa shape index (κ3) is 3.41. The van der Waals surface area contributed by atoms with Crippen LogP contribution in [0, 0.1) is 0 Å². The van der Waals surface area contributed by atoms with E-state index < -0.39 is 6.61 Å². The summed E-state index contributed by atoms with van der Waals surface area (Å²) in [6.45, 7) is -0.849. The Hall–Kier alpha value is -2.23. The fraction of sp³-hybridized carbons (Fsp3) is 0.188. The normalized spacial score (nSPS) is 10.6. The van der Waals surface area contributed by atoms with Crippen LogP contribution in [0.2, 0.25) is 0 Å². The number of ketones is 1. The molecular formula is C16H14F2O2. The molecule has 0 radical (unpaired) electrons. The topological polar surface area (TPSA) is 26.3 Å². The van der Waals surface area contributed by atoms with Gasteiger partial charge in [-0.3, -0.25) is 4.79 Å². The number of hydrogen-bond acceptors (Lipinski definition) is 2. The molecule has 0 aliphatic carbocycles. The van der Waals surface area contributed by atoms with Crippen LogP contribution in [0.3, 0.4) is 0 Å². The molecule has 0 N–H and O–H groups in total. The number of carbonyl (C=O) groups excluding carboxylic acids is 1. The van der Waals surface area contributed by atoms with E-state index in [1.54, 1.807) is 6.07 Å². The number of aryl methyl sites for hydroxylation is 1. The molecule has 0 bridgehead atoms. The molecule has 0 fully saturated rings. The van der Waals surface area contributed by atoms with E-state index in [2.05, 4.69) is 4.74 Å². The van der Waals surface area contributed by atoms with Crippen LogP contribution in [0.4, 0.5) is 8.78 Å². The van der Waals surface area contributed by atoms with Gasteiger partial charge in [0.2, 0.25) is 0 Å². The summed E-state index contributed by atoms with van der Waals surface area (Å²) < 4.78 is 28.3. The molecule has 0 heterocycles. The lowest BCUT2D eigenvalue weighted by atomic mass is 10.0. The third-order valence-corrected chi connectivity index (χ3v) is 2.94. The zero-order chi connectivity index (χ0) is 14.5. The fourth-order valence-electron chi connectivity index (χ4n) is 1.89. The Morgan fingerprint density at radius 2 is 1.80 bits per heavy atom. The van der Waals surface area contributed by atoms with Crippen molar-refractivity contribution in [1.29, 1.82) is 0 Å². The first kappa shape index (κ1) is 14.2. The lowest BCUT2D eigenvalue weighted by Gasteiger charge is -2.06. The second kappa shape index (κ2) is 6.28. The van der Waals surface area contributed by atoms with Crippen LogP contribution in [0.5, 0.6) is 5.75 Å². The first-order chi connectivity index (χ1) is 9.60. The molecule has 0 unspecified atom stereocenters. The molecule has 4 heteroatoms. The van der Waals surface area contributed by atoms with Crippen molar-refractivity contribution in [1.82, 2.24) is 0 Å². The van der Waals surface area contributed by atoms with E-state index in [0.29, 0.717) is 11.1 Å². The summed E-state index contributed by atoms with van der Waals surface area (Å²) in [5.74, 6) is -0.0947. The summed E-state index contributed by atoms with van der Waals surface area (Å²) in [4.78, 5) is 12.3. The maximum atomic E-state index is 12.3. The van der Waals surface area contributed by atoms with Gasteiger partial charge in [-0.2, -0.15) is 8.78 Å². The zero-order valence-electron chi connectivity index (χ0n) is 11.0. The van der Waals surface area contributed by atoms with Gasteiger partial charge in [0.1, 0.15) is 5.75 Å². The minimum absolute atomic E-state index is 0.0406. The van der Waals surface area contributed by atoms with Crippen molar-refractivity contribution in [3.8, 4) is 5.75 Å². The van der Waals surface area contributed by atoms with Crippen molar-refractivity contribution in [2.45, 2.75) is 20.0 Å². The number of halogens is 2. The quantitative estimate of drug-likeness (QED) is 0.769. The van der Waals surface area contributed by atoms with E-state index in [9.17, 15) is 13.6 Å². The molecule has 0 saturated carbocycles. The van der Waals surface area contributed by atoms with E-state index in [-0.39, 0.29) is 11.5 Å². The standard InChI is InChI=1S/C16H14F2O2/c1-2-11-4-3-5-13(10-11)15(19)12-6-8-14(9-7-12)20-16(17)18/h3-10,16H,2H2,1H3. The Kier molecular flexibility index (Phi) is 4.45. The Morgan fingerprint density at radius 1 is 1.10 bits per heavy atom. The molecular weight excluding hydrogens is 262 g/mol. The van der Waals surface area contributed by atoms with E-state index in [1.165, 1.54) is 24.3 Å². The molecule has 0 aliphatic rings. The molecule has 0 saturated heterocycles. The first-order valence-corrected chi connectivity index (χ1v) is 6.28. The van der Waals surface area contributed by atoms with Gasteiger partial charge < -0.3 is 4.74 Å². The first-order valence-electron chi connectivity index (χ1n) is 6.28. The molecule has 0 amide bonds. The molecule has 0 aliphatic heterocycles. The molecule has 20 heavy (non-hydrogen) atoms. The van der Waals surface area contributed by atoms with E-state index >= 15 is 0 Å². The number of benzene rings is 2. The highest BCUT2D eigenvalue weighted by molar-refractivity contribution is 6.09. The molecule has 0 atom stereocenters. The van der Waals surface area contributed by atoms with Gasteiger partial charge in [-0.05, 0) is 42.3 Å². The maximum absolute atomic E-state index is 12.3. The molecule has 2 aromatic carbocycles. The summed E-state index contributed by atoms with van der Waals surface area (Å²) in [7, 11) is 0. The predicted molar refractivity (Wildman–Crippen MR) is 72.3 cm³/mol. The van der Waals surface area contributed by atoms with E-state index in [0.717, 1.165) is 12.0 Å². The summed E-state index contributed by atoms with van der Waals surface area (Å²) in [5, 5.41) is 0. The Balaban J connectivity index is 2.20. The van der Waals surface area contributed by atoms with Gasteiger partial charge in [0.15, 0.2) is 5.78 Å². The smallest absolute Gasteiger partial charge is 0.387 e. The highest BCUT2D eigenvalue weighted by Crippen LogP contribution is 2.18. The minimum atomic E-state index is -2.86. The summed E-state index contributed by atoms with van der Waals surface area (Å²) in [6.07, 6.45) is 0.849. The second-order valence-electron chi connectivity index (χ2n) is 4.29. The van der Waals surface area contributed by atoms with Crippen LogP contribution in [-0.2, 0) is 6.42 Å². The highest BCUT2D eigenvalue weighted by atomic mass is 19.3. The van der Waals surface area contributed by atoms with Gasteiger partial charge in [-0.25, -0.2) is 0 Å². The van der Waals surface area contributed by atoms with Crippen molar-refractivity contribution in [3.05, 3.63) is 65.2 Å². The van der Waals surface area contributed by atoms with Gasteiger partial charge in [-0.15, -0.1) is 0 Å². The Morgan fingerprint density at radius 3 is 2.40 bits per heavy atom. The van der Waals surface area contributed by atoms with Crippen LogP contribution in [0.25, 0.3) is 0 Å². The number of alkyl halides is 2. The number of carbonyl (C=O) groups is 1. The molecule has 0 aromatic heterocycles. The minimum Gasteiger partial charge on any atom is -0.435 e. The number of ether oxygens (including phenoxy) is 1. The molecule has 2 aromatic rings. The van der Waals surface area contributed by atoms with Crippen molar-refractivity contribution in [2.24, 2.45) is 0 Å². The average Bonchev–Trinajstić information content (AvgIpc) is 2.47. The van der Waals surface area contributed by atoms with Crippen LogP contribution in [0.15, 0.2) is 48.5 Å². The number of rotatable bonds is 5. The summed E-state index contributed by atoms with van der Waals surface area (Å²) in [6, 6.07) is 13.1. The van der Waals surface area contributed by atoms with Crippen LogP contribution < -0.4 is 4.74 Å². The van der Waals surface area contributed by atoms with Gasteiger partial charge in [0, 0.05) is 11.1 Å². The maximum Gasteiger partial charge on any atom is 0.387 e. The summed E-state index contributed by atoms with van der Waals surface area (Å²) in [5.41, 5.74) is 2.11. The molecule has 0 spiro atoms. The SMILES string of the molecule is CCc1cccc(C(=O)c2ccc(OC(F)F)cc2)c1. The zero-order valence-corrected chi connectivity index (χ0v) is 11.0. The van der Waals surface area contributed by atoms with Gasteiger partial charge in [0.05, 0.1) is 0 Å². The van der Waals surface area contributed by atoms with Crippen molar-refractivity contribution < 1.29 is 18.3 Å². The van der Waals surface area contributed by atoms with Gasteiger partial charge in [-0.1, -0.05) is 25.1 Å². The van der Waals surface area contributed by atoms with Crippen molar-refractivity contribution in [3.63, 3.8) is 0 Å². The third-order valence-electron chi connectivity index (χ3n) is 2.94. The highest BCUT2D eigenvalue weighted by Gasteiger charge is 2.10. The lowest BCUT2D eigenvalue weighted by molar-refractivity contribution is -0.0498. The molecule has 2 rings (SSSR count). The van der Waals surface area contributed by atoms with Crippen molar-refractivity contribution >= 4 is 5.78 Å². The second-order valence-corrected chi connectivity index (χ2v) is 4.29. The van der Waals surface area contributed by atoms with Crippen LogP contribution in [-0.4, -0.2) is 12.4 Å². The fourth-order valence-corrected chi connectivity index (χ4v) is 1.89. The van der Waals surface area contributed by atoms with E-state index in [4.69, 9.17) is 0 Å². The van der Waals surface area contributed by atoms with Gasteiger partial charge >= 0.3 is 6.61 Å². The van der Waals surface area contributed by atoms with E-state index in [1.807, 2.05) is 25.1 Å². The molecule has 2 nitrogen and oxygen atoms in total. The van der Waals surface area contributed by atoms with Crippen molar-refractivity contribution in [2.75, 3.05) is 0 Å². The molecule has 104 valence electrons. The lowest BCUT2D eigenvalue weighted by Crippen LogP contribution is -2.04. The van der Waals surface area contributed by atoms with Crippen LogP contribution >= 0.6 is 0 Å². The average molecular weight is 276 g/mol. The van der Waals surface area contributed by atoms with Gasteiger partial charge in [0.25, 0.3) is 0 Å². The largest absolute Gasteiger partial charge is 0.435 e. The Labute approximate surface area is 116 Å². The van der Waals surface area contributed by atoms with Crippen LogP contribution in [0.1, 0.15) is 28.4 Å².